The van der Waals surface area contributed by atoms with Crippen LogP contribution in [0.25, 0.3) is 0 Å². The summed E-state index contributed by atoms with van der Waals surface area (Å²) in [4.78, 5) is 12.3. The van der Waals surface area contributed by atoms with Gasteiger partial charge in [-0.25, -0.2) is 4.79 Å². The average molecular weight is 259 g/mol. The van der Waals surface area contributed by atoms with Gasteiger partial charge in [-0.15, -0.1) is 0 Å². The molecule has 4 nitrogen and oxygen atoms in total. The van der Waals surface area contributed by atoms with Gasteiger partial charge in [0.25, 0.3) is 0 Å². The molecule has 0 aromatic heterocycles. The number of likely N-dealkylation sites (tertiary alicyclic amines) is 1. The van der Waals surface area contributed by atoms with E-state index in [0.29, 0.717) is 25.6 Å². The van der Waals surface area contributed by atoms with E-state index in [1.807, 2.05) is 0 Å². The molecule has 5 heteroatoms. The Bertz CT molecular complexity index is 286. The van der Waals surface area contributed by atoms with Crippen LogP contribution in [0.4, 0.5) is 4.79 Å². The third-order valence-electron chi connectivity index (χ3n) is 4.04. The van der Waals surface area contributed by atoms with E-state index in [1.54, 1.807) is 0 Å². The van der Waals surface area contributed by atoms with Crippen LogP contribution in [0.1, 0.15) is 27.2 Å². The predicted octanol–water partition coefficient (Wildman–Crippen LogP) is 3.01. The van der Waals surface area contributed by atoms with Crippen LogP contribution >= 0.6 is 0 Å². The summed E-state index contributed by atoms with van der Waals surface area (Å²) in [5, 5.41) is 9.10. The Hall–Kier alpha value is -0.553. The van der Waals surface area contributed by atoms with Crippen molar-refractivity contribution in [2.45, 2.75) is 45.3 Å². The maximum Gasteiger partial charge on any atom is 0.407 e. The van der Waals surface area contributed by atoms with Crippen molar-refractivity contribution < 1.29 is 14.3 Å². The molecule has 1 atom stereocenters. The van der Waals surface area contributed by atoms with Gasteiger partial charge in [0.15, 0.2) is 8.32 Å². The number of hydrogen-bond donors (Lipinski definition) is 1. The first kappa shape index (κ1) is 14.5. The van der Waals surface area contributed by atoms with Gasteiger partial charge in [0.2, 0.25) is 0 Å². The molecular formula is C12H25NO3Si. The normalized spacial score (nSPS) is 21.9. The fourth-order valence-electron chi connectivity index (χ4n) is 1.69. The van der Waals surface area contributed by atoms with E-state index >= 15 is 0 Å². The van der Waals surface area contributed by atoms with Crippen molar-refractivity contribution in [3.63, 3.8) is 0 Å². The molecule has 0 radical (unpaired) electrons. The van der Waals surface area contributed by atoms with Gasteiger partial charge in [0, 0.05) is 25.6 Å². The van der Waals surface area contributed by atoms with Gasteiger partial charge in [-0.2, -0.15) is 0 Å². The van der Waals surface area contributed by atoms with Gasteiger partial charge < -0.3 is 14.4 Å². The minimum atomic E-state index is -1.69. The van der Waals surface area contributed by atoms with E-state index in [4.69, 9.17) is 9.53 Å². The molecule has 0 aromatic carbocycles. The van der Waals surface area contributed by atoms with Crippen LogP contribution < -0.4 is 0 Å². The van der Waals surface area contributed by atoms with Crippen LogP contribution in [0.5, 0.6) is 0 Å². The van der Waals surface area contributed by atoms with E-state index in [-0.39, 0.29) is 5.04 Å². The standard InChI is InChI=1S/C12H25NO3Si/c1-12(2,3)17(4,5)16-9-10-6-7-13(8-10)11(14)15/h10H,6-9H2,1-5H3,(H,14,15). The largest absolute Gasteiger partial charge is 0.465 e. The zero-order valence-corrected chi connectivity index (χ0v) is 12.6. The van der Waals surface area contributed by atoms with Crippen LogP contribution in [0.3, 0.4) is 0 Å². The number of amides is 1. The van der Waals surface area contributed by atoms with E-state index in [1.165, 1.54) is 4.90 Å². The number of carbonyl (C=O) groups is 1. The summed E-state index contributed by atoms with van der Waals surface area (Å²) in [5.74, 6) is 0.375. The van der Waals surface area contributed by atoms with Gasteiger partial charge in [0.1, 0.15) is 0 Å². The number of carboxylic acid groups (broad SMARTS) is 1. The van der Waals surface area contributed by atoms with Crippen LogP contribution in [-0.2, 0) is 4.43 Å². The zero-order valence-electron chi connectivity index (χ0n) is 11.6. The van der Waals surface area contributed by atoms with Crippen LogP contribution in [0.2, 0.25) is 18.1 Å². The van der Waals surface area contributed by atoms with Crippen molar-refractivity contribution in [3.05, 3.63) is 0 Å². The van der Waals surface area contributed by atoms with Crippen molar-refractivity contribution in [3.8, 4) is 0 Å². The molecule has 1 unspecified atom stereocenters. The van der Waals surface area contributed by atoms with E-state index in [0.717, 1.165) is 6.42 Å². The lowest BCUT2D eigenvalue weighted by Crippen LogP contribution is -2.42. The van der Waals surface area contributed by atoms with Crippen molar-refractivity contribution in [1.29, 1.82) is 0 Å². The van der Waals surface area contributed by atoms with Crippen molar-refractivity contribution in [2.24, 2.45) is 5.92 Å². The third-order valence-corrected chi connectivity index (χ3v) is 8.54. The van der Waals surface area contributed by atoms with Gasteiger partial charge in [-0.1, -0.05) is 20.8 Å². The second kappa shape index (κ2) is 4.98. The maximum atomic E-state index is 10.8. The first-order valence-corrected chi connectivity index (χ1v) is 9.16. The molecule has 1 aliphatic rings. The molecular weight excluding hydrogens is 234 g/mol. The highest BCUT2D eigenvalue weighted by molar-refractivity contribution is 6.74. The Morgan fingerprint density at radius 2 is 2.06 bits per heavy atom. The first-order valence-electron chi connectivity index (χ1n) is 6.25. The Kier molecular flexibility index (Phi) is 4.25. The van der Waals surface area contributed by atoms with Gasteiger partial charge >= 0.3 is 6.09 Å². The van der Waals surface area contributed by atoms with Crippen molar-refractivity contribution in [2.75, 3.05) is 19.7 Å². The molecule has 17 heavy (non-hydrogen) atoms. The Morgan fingerprint density at radius 3 is 2.47 bits per heavy atom. The summed E-state index contributed by atoms with van der Waals surface area (Å²) < 4.78 is 6.13. The lowest BCUT2D eigenvalue weighted by Gasteiger charge is -2.36. The fourth-order valence-corrected chi connectivity index (χ4v) is 2.77. The highest BCUT2D eigenvalue weighted by Gasteiger charge is 2.38. The number of rotatable bonds is 3. The van der Waals surface area contributed by atoms with E-state index < -0.39 is 14.4 Å². The molecule has 0 spiro atoms. The third kappa shape index (κ3) is 3.71. The lowest BCUT2D eigenvalue weighted by molar-refractivity contribution is 0.151. The molecule has 0 aromatic rings. The summed E-state index contributed by atoms with van der Waals surface area (Å²) in [6.45, 7) is 13.1. The quantitative estimate of drug-likeness (QED) is 0.793. The molecule has 1 fully saturated rings. The van der Waals surface area contributed by atoms with E-state index in [2.05, 4.69) is 33.9 Å². The smallest absolute Gasteiger partial charge is 0.407 e. The van der Waals surface area contributed by atoms with Crippen LogP contribution in [0.15, 0.2) is 0 Å². The molecule has 1 saturated heterocycles. The summed E-state index contributed by atoms with van der Waals surface area (Å²) in [6, 6.07) is 0. The number of hydrogen-bond acceptors (Lipinski definition) is 2. The maximum absolute atomic E-state index is 10.8. The topological polar surface area (TPSA) is 49.8 Å². The van der Waals surface area contributed by atoms with Gasteiger partial charge in [0.05, 0.1) is 0 Å². The average Bonchev–Trinajstić information content (AvgIpc) is 2.61. The molecule has 1 amide bonds. The Labute approximate surface area is 105 Å². The SMILES string of the molecule is CC(C)(C)[Si](C)(C)OCC1CCN(C(=O)O)C1. The second-order valence-corrected chi connectivity index (χ2v) is 11.3. The summed E-state index contributed by atoms with van der Waals surface area (Å²) >= 11 is 0. The van der Waals surface area contributed by atoms with Crippen LogP contribution in [0, 0.1) is 5.92 Å². The molecule has 1 heterocycles. The van der Waals surface area contributed by atoms with Gasteiger partial charge in [-0.3, -0.25) is 0 Å². The Morgan fingerprint density at radius 1 is 1.47 bits per heavy atom. The fraction of sp³-hybridized carbons (Fsp3) is 0.917. The molecule has 1 aliphatic heterocycles. The summed E-state index contributed by atoms with van der Waals surface area (Å²) in [5.41, 5.74) is 0. The minimum Gasteiger partial charge on any atom is -0.465 e. The first-order chi connectivity index (χ1) is 7.63. The van der Waals surface area contributed by atoms with E-state index in [9.17, 15) is 4.79 Å². The second-order valence-electron chi connectivity index (χ2n) is 6.45. The van der Waals surface area contributed by atoms with Crippen LogP contribution in [-0.4, -0.2) is 44.1 Å². The Balaban J connectivity index is 2.41. The molecule has 0 saturated carbocycles. The monoisotopic (exact) mass is 259 g/mol. The van der Waals surface area contributed by atoms with Crippen molar-refractivity contribution >= 4 is 14.4 Å². The summed E-state index contributed by atoms with van der Waals surface area (Å²) in [6.07, 6.45) is 0.126. The highest BCUT2D eigenvalue weighted by atomic mass is 28.4. The number of nitrogens with zero attached hydrogens (tertiary/aromatic N) is 1. The van der Waals surface area contributed by atoms with Crippen molar-refractivity contribution in [1.82, 2.24) is 4.90 Å². The summed E-state index contributed by atoms with van der Waals surface area (Å²) in [7, 11) is -1.69. The molecule has 1 rings (SSSR count). The van der Waals surface area contributed by atoms with Gasteiger partial charge in [-0.05, 0) is 24.6 Å². The zero-order chi connectivity index (χ0) is 13.3. The predicted molar refractivity (Wildman–Crippen MR) is 70.9 cm³/mol. The molecule has 0 aliphatic carbocycles. The minimum absolute atomic E-state index is 0.220. The highest BCUT2D eigenvalue weighted by Crippen LogP contribution is 2.37. The lowest BCUT2D eigenvalue weighted by atomic mass is 10.1. The molecule has 1 N–H and O–H groups in total. The molecule has 0 bridgehead atoms. The molecule has 100 valence electrons.